The van der Waals surface area contributed by atoms with Gasteiger partial charge in [0.1, 0.15) is 11.5 Å². The second kappa shape index (κ2) is 10.3. The van der Waals surface area contributed by atoms with Gasteiger partial charge in [-0.2, -0.15) is 9.97 Å². The third-order valence-electron chi connectivity index (χ3n) is 6.79. The van der Waals surface area contributed by atoms with Gasteiger partial charge in [0.05, 0.1) is 32.0 Å². The van der Waals surface area contributed by atoms with Gasteiger partial charge in [0, 0.05) is 13.5 Å². The van der Waals surface area contributed by atoms with Crippen LogP contribution in [0.3, 0.4) is 0 Å². The number of benzene rings is 1. The van der Waals surface area contributed by atoms with Gasteiger partial charge in [0.25, 0.3) is 5.91 Å². The largest absolute Gasteiger partial charge is 0.479 e. The van der Waals surface area contributed by atoms with Crippen LogP contribution in [0.4, 0.5) is 11.6 Å². The number of aromatic nitrogens is 2. The van der Waals surface area contributed by atoms with Crippen molar-refractivity contribution in [3.63, 3.8) is 0 Å². The predicted molar refractivity (Wildman–Crippen MR) is 147 cm³/mol. The molecule has 0 bridgehead atoms. The first-order chi connectivity index (χ1) is 18.3. The van der Waals surface area contributed by atoms with Crippen LogP contribution >= 0.6 is 0 Å². The van der Waals surface area contributed by atoms with E-state index in [0.717, 1.165) is 16.7 Å². The second-order valence-corrected chi connectivity index (χ2v) is 10.8. The minimum Gasteiger partial charge on any atom is -0.479 e. The zero-order valence-electron chi connectivity index (χ0n) is 24.0. The molecular formula is C29H36N4O6. The number of likely N-dealkylation sites (N-methyl/N-ethyl adjacent to an activating group) is 1. The molecule has 39 heavy (non-hydrogen) atoms. The number of aryl methyl sites for hydroxylation is 1. The second-order valence-electron chi connectivity index (χ2n) is 10.8. The van der Waals surface area contributed by atoms with Crippen molar-refractivity contribution in [2.45, 2.75) is 59.2 Å². The van der Waals surface area contributed by atoms with Gasteiger partial charge in [0.2, 0.25) is 17.7 Å². The molecule has 0 saturated heterocycles. The van der Waals surface area contributed by atoms with Crippen molar-refractivity contribution in [3.05, 3.63) is 58.0 Å². The minimum absolute atomic E-state index is 0.0546. The van der Waals surface area contributed by atoms with Crippen LogP contribution in [0.5, 0.6) is 11.8 Å². The normalized spacial score (nSPS) is 15.0. The van der Waals surface area contributed by atoms with E-state index in [1.165, 1.54) is 26.7 Å². The lowest BCUT2D eigenvalue weighted by Crippen LogP contribution is -2.26. The maximum Gasteiger partial charge on any atom is 0.291 e. The minimum atomic E-state index is -0.506. The molecule has 1 aromatic carbocycles. The van der Waals surface area contributed by atoms with Crippen LogP contribution in [-0.4, -0.2) is 49.5 Å². The maximum absolute atomic E-state index is 13.1. The summed E-state index contributed by atoms with van der Waals surface area (Å²) in [4.78, 5) is 34.8. The molecule has 0 fully saturated rings. The molecule has 10 nitrogen and oxygen atoms in total. The van der Waals surface area contributed by atoms with Gasteiger partial charge < -0.3 is 28.8 Å². The van der Waals surface area contributed by atoms with Crippen molar-refractivity contribution in [2.24, 2.45) is 0 Å². The summed E-state index contributed by atoms with van der Waals surface area (Å²) in [6.45, 7) is 12.0. The molecule has 1 aliphatic heterocycles. The van der Waals surface area contributed by atoms with Gasteiger partial charge in [-0.3, -0.25) is 9.59 Å². The first-order valence-electron chi connectivity index (χ1n) is 12.7. The number of hydrogen-bond acceptors (Lipinski definition) is 9. The summed E-state index contributed by atoms with van der Waals surface area (Å²) in [5.74, 6) is 0.613. The van der Waals surface area contributed by atoms with E-state index >= 15 is 0 Å². The van der Waals surface area contributed by atoms with Gasteiger partial charge >= 0.3 is 0 Å². The Kier molecular flexibility index (Phi) is 7.44. The predicted octanol–water partition coefficient (Wildman–Crippen LogP) is 4.76. The number of carbonyl (C=O) groups is 2. The molecule has 2 aromatic heterocycles. The lowest BCUT2D eigenvalue weighted by Gasteiger charge is -2.24. The Bertz CT molecular complexity index is 1400. The number of methoxy groups -OCH3 is 2. The highest BCUT2D eigenvalue weighted by Crippen LogP contribution is 2.47. The van der Waals surface area contributed by atoms with E-state index in [2.05, 4.69) is 62.0 Å². The number of Topliss-reactive ketones (excluding diaryl/α,β-unsaturated/α-hetero) is 1. The summed E-state index contributed by atoms with van der Waals surface area (Å²) in [6, 6.07) is 7.78. The van der Waals surface area contributed by atoms with Crippen LogP contribution in [0, 0.1) is 6.92 Å². The van der Waals surface area contributed by atoms with Gasteiger partial charge in [-0.15, -0.1) is 0 Å². The zero-order valence-corrected chi connectivity index (χ0v) is 24.0. The highest BCUT2D eigenvalue weighted by molar-refractivity contribution is 6.03. The molecule has 0 saturated carbocycles. The summed E-state index contributed by atoms with van der Waals surface area (Å²) in [5, 5.41) is 2.74. The van der Waals surface area contributed by atoms with Crippen molar-refractivity contribution >= 4 is 23.3 Å². The number of amides is 1. The van der Waals surface area contributed by atoms with Crippen molar-refractivity contribution in [2.75, 3.05) is 38.0 Å². The summed E-state index contributed by atoms with van der Waals surface area (Å²) in [6.07, 6.45) is 0.524. The molecule has 3 heterocycles. The van der Waals surface area contributed by atoms with Gasteiger partial charge in [-0.1, -0.05) is 12.1 Å². The van der Waals surface area contributed by atoms with Crippen molar-refractivity contribution < 1.29 is 28.2 Å². The Hall–Kier alpha value is -3.92. The smallest absolute Gasteiger partial charge is 0.291 e. The van der Waals surface area contributed by atoms with E-state index in [9.17, 15) is 9.59 Å². The molecule has 3 aromatic rings. The van der Waals surface area contributed by atoms with Crippen LogP contribution in [0.2, 0.25) is 0 Å². The van der Waals surface area contributed by atoms with Crippen molar-refractivity contribution in [1.82, 2.24) is 9.97 Å². The SMILES string of the molecule is COc1nc(N(C)CC(C)=O)nc(OC)c1NC(=O)c1ccc(Cc2cc3c(cc2C)C(C)(C)OC3(C)C)o1. The highest BCUT2D eigenvalue weighted by Gasteiger charge is 2.43. The van der Waals surface area contributed by atoms with Crippen LogP contribution < -0.4 is 19.7 Å². The Morgan fingerprint density at radius 1 is 1.00 bits per heavy atom. The molecule has 1 aliphatic rings. The molecule has 0 atom stereocenters. The quantitative estimate of drug-likeness (QED) is 0.413. The number of hydrogen-bond donors (Lipinski definition) is 1. The molecule has 0 aliphatic carbocycles. The number of ketones is 1. The fourth-order valence-electron chi connectivity index (χ4n) is 5.03. The number of carbonyl (C=O) groups excluding carboxylic acids is 2. The van der Waals surface area contributed by atoms with E-state index in [0.29, 0.717) is 12.2 Å². The monoisotopic (exact) mass is 536 g/mol. The molecule has 208 valence electrons. The number of ether oxygens (including phenoxy) is 3. The van der Waals surface area contributed by atoms with E-state index in [1.54, 1.807) is 24.1 Å². The van der Waals surface area contributed by atoms with Crippen LogP contribution in [-0.2, 0) is 27.2 Å². The van der Waals surface area contributed by atoms with Crippen LogP contribution in [0.15, 0.2) is 28.7 Å². The number of nitrogens with zero attached hydrogens (tertiary/aromatic N) is 3. The lowest BCUT2D eigenvalue weighted by molar-refractivity contribution is -0.115. The van der Waals surface area contributed by atoms with E-state index < -0.39 is 11.5 Å². The first-order valence-corrected chi connectivity index (χ1v) is 12.7. The molecular weight excluding hydrogens is 500 g/mol. The Balaban J connectivity index is 1.56. The Labute approximate surface area is 228 Å². The zero-order chi connectivity index (χ0) is 28.7. The summed E-state index contributed by atoms with van der Waals surface area (Å²) in [7, 11) is 4.52. The number of anilines is 2. The summed E-state index contributed by atoms with van der Waals surface area (Å²) in [5.41, 5.74) is 3.99. The molecule has 1 N–H and O–H groups in total. The lowest BCUT2D eigenvalue weighted by atomic mass is 9.86. The average Bonchev–Trinajstić information content (AvgIpc) is 3.38. The summed E-state index contributed by atoms with van der Waals surface area (Å²) >= 11 is 0. The fourth-order valence-corrected chi connectivity index (χ4v) is 5.03. The number of fused-ring (bicyclic) bond motifs is 1. The highest BCUT2D eigenvalue weighted by atomic mass is 16.5. The van der Waals surface area contributed by atoms with E-state index in [4.69, 9.17) is 18.6 Å². The number of nitrogens with one attached hydrogen (secondary N) is 1. The van der Waals surface area contributed by atoms with Crippen LogP contribution in [0.1, 0.15) is 73.2 Å². The van der Waals surface area contributed by atoms with Crippen LogP contribution in [0.25, 0.3) is 0 Å². The van der Waals surface area contributed by atoms with E-state index in [1.807, 2.05) is 0 Å². The average molecular weight is 537 g/mol. The number of rotatable bonds is 9. The van der Waals surface area contributed by atoms with Gasteiger partial charge in [-0.25, -0.2) is 0 Å². The van der Waals surface area contributed by atoms with Crippen molar-refractivity contribution in [3.8, 4) is 11.8 Å². The topological polar surface area (TPSA) is 116 Å². The number of furan rings is 1. The molecule has 0 spiro atoms. The molecule has 10 heteroatoms. The molecule has 1 amide bonds. The maximum atomic E-state index is 13.1. The third-order valence-corrected chi connectivity index (χ3v) is 6.79. The summed E-state index contributed by atoms with van der Waals surface area (Å²) < 4.78 is 23.0. The van der Waals surface area contributed by atoms with Crippen molar-refractivity contribution in [1.29, 1.82) is 0 Å². The van der Waals surface area contributed by atoms with Gasteiger partial charge in [0.15, 0.2) is 11.4 Å². The molecule has 4 rings (SSSR count). The molecule has 0 radical (unpaired) electrons. The van der Waals surface area contributed by atoms with Gasteiger partial charge in [-0.05, 0) is 75.9 Å². The molecule has 0 unspecified atom stereocenters. The van der Waals surface area contributed by atoms with E-state index in [-0.39, 0.29) is 47.1 Å². The first kappa shape index (κ1) is 28.1. The Morgan fingerprint density at radius 3 is 2.15 bits per heavy atom. The Morgan fingerprint density at radius 2 is 1.59 bits per heavy atom. The fraction of sp³-hybridized carbons (Fsp3) is 0.448. The third kappa shape index (κ3) is 5.61. The standard InChI is InChI=1S/C29H36N4O6/c1-16-12-20-21(29(5,6)39-28(20,3)4)14-18(16)13-19-10-11-22(38-19)24(35)30-23-25(36-8)31-27(32-26(23)37-9)33(7)15-17(2)34/h10-12,14H,13,15H2,1-9H3,(H,30,35).